The average molecular weight is 279 g/mol. The van der Waals surface area contributed by atoms with E-state index >= 15 is 0 Å². The van der Waals surface area contributed by atoms with Gasteiger partial charge in [0.1, 0.15) is 12.0 Å². The number of carboxylic acid groups (broad SMARTS) is 1. The number of hydrogen-bond acceptors (Lipinski definition) is 5. The van der Waals surface area contributed by atoms with Gasteiger partial charge in [0.25, 0.3) is 5.69 Å². The highest BCUT2D eigenvalue weighted by Gasteiger charge is 2.37. The number of nitro groups is 1. The van der Waals surface area contributed by atoms with Crippen LogP contribution in [0.2, 0.25) is 0 Å². The number of rotatable bonds is 3. The van der Waals surface area contributed by atoms with E-state index in [0.29, 0.717) is 31.7 Å². The van der Waals surface area contributed by atoms with E-state index in [9.17, 15) is 20.0 Å². The van der Waals surface area contributed by atoms with Gasteiger partial charge in [0.2, 0.25) is 0 Å². The molecule has 0 aliphatic carbocycles. The lowest BCUT2D eigenvalue weighted by molar-refractivity contribution is -0.385. The molecule has 7 heteroatoms. The average Bonchev–Trinajstić information content (AvgIpc) is 2.39. The van der Waals surface area contributed by atoms with Gasteiger partial charge in [-0.2, -0.15) is 0 Å². The minimum absolute atomic E-state index is 0.0290. The molecule has 1 aromatic rings. The van der Waals surface area contributed by atoms with Gasteiger partial charge in [0, 0.05) is 19.2 Å². The number of carboxylic acids is 1. The number of carbonyl (C=O) groups is 1. The van der Waals surface area contributed by atoms with E-state index in [1.807, 2.05) is 4.90 Å². The van der Waals surface area contributed by atoms with Crippen LogP contribution in [0.4, 0.5) is 11.5 Å². The number of nitrogens with zero attached hydrogens (tertiary/aromatic N) is 3. The van der Waals surface area contributed by atoms with Gasteiger partial charge in [-0.3, -0.25) is 14.9 Å². The molecule has 1 N–H and O–H groups in total. The van der Waals surface area contributed by atoms with Crippen molar-refractivity contribution >= 4 is 17.5 Å². The molecule has 1 aromatic heterocycles. The quantitative estimate of drug-likeness (QED) is 0.671. The van der Waals surface area contributed by atoms with Crippen LogP contribution in [0.25, 0.3) is 0 Å². The smallest absolute Gasteiger partial charge is 0.309 e. The molecule has 20 heavy (non-hydrogen) atoms. The van der Waals surface area contributed by atoms with Crippen LogP contribution in [-0.4, -0.2) is 34.1 Å². The molecular formula is C13H17N3O4. The molecule has 0 amide bonds. The molecule has 0 spiro atoms. The first-order chi connectivity index (χ1) is 9.33. The summed E-state index contributed by atoms with van der Waals surface area (Å²) >= 11 is 0. The lowest BCUT2D eigenvalue weighted by Crippen LogP contribution is -2.43. The SMILES string of the molecule is Cc1cc([N+](=O)[O-])cnc1N1CCC(C)(C(=O)O)CC1. The highest BCUT2D eigenvalue weighted by atomic mass is 16.6. The topological polar surface area (TPSA) is 96.6 Å². The normalized spacial score (nSPS) is 17.8. The largest absolute Gasteiger partial charge is 0.481 e. The molecule has 0 unspecified atom stereocenters. The number of anilines is 1. The minimum atomic E-state index is -0.773. The molecule has 7 nitrogen and oxygen atoms in total. The summed E-state index contributed by atoms with van der Waals surface area (Å²) < 4.78 is 0. The van der Waals surface area contributed by atoms with Crippen molar-refractivity contribution in [1.29, 1.82) is 0 Å². The first kappa shape index (κ1) is 14.2. The molecular weight excluding hydrogens is 262 g/mol. The third kappa shape index (κ3) is 2.56. The monoisotopic (exact) mass is 279 g/mol. The summed E-state index contributed by atoms with van der Waals surface area (Å²) in [7, 11) is 0. The summed E-state index contributed by atoms with van der Waals surface area (Å²) in [5.74, 6) is -0.0754. The maximum absolute atomic E-state index is 11.2. The fourth-order valence-corrected chi connectivity index (χ4v) is 2.41. The van der Waals surface area contributed by atoms with Crippen LogP contribution in [0.5, 0.6) is 0 Å². The lowest BCUT2D eigenvalue weighted by atomic mass is 9.80. The van der Waals surface area contributed by atoms with Crippen molar-refractivity contribution in [2.45, 2.75) is 26.7 Å². The van der Waals surface area contributed by atoms with Gasteiger partial charge >= 0.3 is 5.97 Å². The maximum atomic E-state index is 11.2. The van der Waals surface area contributed by atoms with E-state index in [2.05, 4.69) is 4.98 Å². The van der Waals surface area contributed by atoms with Gasteiger partial charge in [0.15, 0.2) is 0 Å². The molecule has 1 saturated heterocycles. The second kappa shape index (κ2) is 5.07. The zero-order valence-corrected chi connectivity index (χ0v) is 11.5. The van der Waals surface area contributed by atoms with Crippen molar-refractivity contribution in [2.24, 2.45) is 5.41 Å². The third-order valence-corrected chi connectivity index (χ3v) is 3.93. The minimum Gasteiger partial charge on any atom is -0.481 e. The van der Waals surface area contributed by atoms with E-state index < -0.39 is 16.3 Å². The molecule has 0 radical (unpaired) electrons. The fourth-order valence-electron chi connectivity index (χ4n) is 2.41. The van der Waals surface area contributed by atoms with Gasteiger partial charge in [-0.05, 0) is 32.3 Å². The highest BCUT2D eigenvalue weighted by molar-refractivity contribution is 5.74. The molecule has 1 aliphatic heterocycles. The molecule has 1 fully saturated rings. The van der Waals surface area contributed by atoms with Crippen LogP contribution in [0.3, 0.4) is 0 Å². The van der Waals surface area contributed by atoms with E-state index in [-0.39, 0.29) is 5.69 Å². The summed E-state index contributed by atoms with van der Waals surface area (Å²) in [4.78, 5) is 27.6. The van der Waals surface area contributed by atoms with Crippen molar-refractivity contribution in [3.8, 4) is 0 Å². The molecule has 108 valence electrons. The molecule has 0 bridgehead atoms. The second-order valence-corrected chi connectivity index (χ2v) is 5.44. The van der Waals surface area contributed by atoms with E-state index in [4.69, 9.17) is 0 Å². The van der Waals surface area contributed by atoms with Gasteiger partial charge < -0.3 is 10.0 Å². The van der Waals surface area contributed by atoms with Crippen LogP contribution >= 0.6 is 0 Å². The van der Waals surface area contributed by atoms with Gasteiger partial charge in [-0.1, -0.05) is 0 Å². The van der Waals surface area contributed by atoms with E-state index in [0.717, 1.165) is 5.56 Å². The first-order valence-electron chi connectivity index (χ1n) is 6.43. The highest BCUT2D eigenvalue weighted by Crippen LogP contribution is 2.33. The van der Waals surface area contributed by atoms with Gasteiger partial charge in [-0.25, -0.2) is 4.98 Å². The Morgan fingerprint density at radius 3 is 2.55 bits per heavy atom. The second-order valence-electron chi connectivity index (χ2n) is 5.44. The zero-order chi connectivity index (χ0) is 14.9. The molecule has 2 rings (SSSR count). The summed E-state index contributed by atoms with van der Waals surface area (Å²) in [5.41, 5.74) is 0.0160. The molecule has 0 aromatic carbocycles. The molecule has 0 saturated carbocycles. The Kier molecular flexibility index (Phi) is 3.61. The molecule has 0 atom stereocenters. The zero-order valence-electron chi connectivity index (χ0n) is 11.5. The van der Waals surface area contributed by atoms with Crippen molar-refractivity contribution < 1.29 is 14.8 Å². The van der Waals surface area contributed by atoms with Crippen molar-refractivity contribution in [1.82, 2.24) is 4.98 Å². The van der Waals surface area contributed by atoms with E-state index in [1.165, 1.54) is 12.3 Å². The number of hydrogen-bond donors (Lipinski definition) is 1. The summed E-state index contributed by atoms with van der Waals surface area (Å²) in [6.45, 7) is 4.71. The number of aryl methyl sites for hydroxylation is 1. The molecule has 1 aliphatic rings. The fraction of sp³-hybridized carbons (Fsp3) is 0.538. The predicted octanol–water partition coefficient (Wildman–Crippen LogP) is 1.99. The Hall–Kier alpha value is -2.18. The number of aliphatic carboxylic acids is 1. The Labute approximate surface area is 116 Å². The summed E-state index contributed by atoms with van der Waals surface area (Å²) in [6, 6.07) is 1.49. The third-order valence-electron chi connectivity index (χ3n) is 3.93. The Balaban J connectivity index is 2.15. The van der Waals surface area contributed by atoms with Crippen LogP contribution in [-0.2, 0) is 4.79 Å². The predicted molar refractivity (Wildman–Crippen MR) is 72.8 cm³/mol. The van der Waals surface area contributed by atoms with Crippen molar-refractivity contribution in [3.63, 3.8) is 0 Å². The maximum Gasteiger partial charge on any atom is 0.309 e. The Bertz CT molecular complexity index is 551. The van der Waals surface area contributed by atoms with Gasteiger partial charge in [-0.15, -0.1) is 0 Å². The Morgan fingerprint density at radius 2 is 2.10 bits per heavy atom. The lowest BCUT2D eigenvalue weighted by Gasteiger charge is -2.37. The van der Waals surface area contributed by atoms with Gasteiger partial charge in [0.05, 0.1) is 10.3 Å². The van der Waals surface area contributed by atoms with Crippen LogP contribution in [0.1, 0.15) is 25.3 Å². The summed E-state index contributed by atoms with van der Waals surface area (Å²) in [6.07, 6.45) is 2.33. The Morgan fingerprint density at radius 1 is 1.50 bits per heavy atom. The first-order valence-corrected chi connectivity index (χ1v) is 6.43. The van der Waals surface area contributed by atoms with Crippen LogP contribution in [0.15, 0.2) is 12.3 Å². The molecule has 2 heterocycles. The number of pyridine rings is 1. The van der Waals surface area contributed by atoms with Crippen LogP contribution < -0.4 is 4.90 Å². The standard InChI is InChI=1S/C13H17N3O4/c1-9-7-10(16(19)20)8-14-11(9)15-5-3-13(2,4-6-15)12(17)18/h7-8H,3-6H2,1-2H3,(H,17,18). The van der Waals surface area contributed by atoms with Crippen LogP contribution in [0, 0.1) is 22.5 Å². The van der Waals surface area contributed by atoms with Crippen molar-refractivity contribution in [3.05, 3.63) is 27.9 Å². The van der Waals surface area contributed by atoms with Crippen molar-refractivity contribution in [2.75, 3.05) is 18.0 Å². The summed E-state index contributed by atoms with van der Waals surface area (Å²) in [5, 5.41) is 19.9. The number of piperidine rings is 1. The van der Waals surface area contributed by atoms with E-state index in [1.54, 1.807) is 13.8 Å². The number of aromatic nitrogens is 1.